The van der Waals surface area contributed by atoms with Crippen molar-refractivity contribution in [1.82, 2.24) is 4.90 Å². The molecule has 0 amide bonds. The van der Waals surface area contributed by atoms with Crippen LogP contribution in [0.4, 0.5) is 0 Å². The molecule has 0 saturated heterocycles. The van der Waals surface area contributed by atoms with Gasteiger partial charge in [-0.2, -0.15) is 0 Å². The van der Waals surface area contributed by atoms with E-state index < -0.39 is 0 Å². The SMILES string of the molecule is CC(=N)N(C)CCCC(C)C. The average Bonchev–Trinajstić information content (AvgIpc) is 1.86. The second kappa shape index (κ2) is 5.16. The topological polar surface area (TPSA) is 27.1 Å². The Balaban J connectivity index is 3.31. The fraction of sp³-hybridized carbons (Fsp3) is 0.889. The molecule has 0 radical (unpaired) electrons. The molecule has 0 atom stereocenters. The Bertz CT molecular complexity index is 119. The lowest BCUT2D eigenvalue weighted by molar-refractivity contribution is 0.441. The molecule has 0 spiro atoms. The number of rotatable bonds is 4. The Hall–Kier alpha value is -0.530. The van der Waals surface area contributed by atoms with Gasteiger partial charge in [-0.3, -0.25) is 5.41 Å². The van der Waals surface area contributed by atoms with Crippen molar-refractivity contribution < 1.29 is 0 Å². The molecule has 0 rings (SSSR count). The van der Waals surface area contributed by atoms with Gasteiger partial charge in [0.15, 0.2) is 0 Å². The highest BCUT2D eigenvalue weighted by Crippen LogP contribution is 2.03. The summed E-state index contributed by atoms with van der Waals surface area (Å²) in [5.74, 6) is 1.45. The second-order valence-electron chi connectivity index (χ2n) is 3.54. The Morgan fingerprint density at radius 2 is 2.00 bits per heavy atom. The molecule has 11 heavy (non-hydrogen) atoms. The molecule has 0 aromatic carbocycles. The molecule has 0 unspecified atom stereocenters. The van der Waals surface area contributed by atoms with Gasteiger partial charge in [0.25, 0.3) is 0 Å². The summed E-state index contributed by atoms with van der Waals surface area (Å²) in [7, 11) is 1.97. The van der Waals surface area contributed by atoms with Gasteiger partial charge in [0.05, 0.1) is 5.84 Å². The first-order chi connectivity index (χ1) is 5.04. The summed E-state index contributed by atoms with van der Waals surface area (Å²) >= 11 is 0. The van der Waals surface area contributed by atoms with E-state index in [-0.39, 0.29) is 0 Å². The zero-order valence-corrected chi connectivity index (χ0v) is 8.15. The monoisotopic (exact) mass is 156 g/mol. The van der Waals surface area contributed by atoms with Gasteiger partial charge >= 0.3 is 0 Å². The van der Waals surface area contributed by atoms with E-state index >= 15 is 0 Å². The predicted molar refractivity (Wildman–Crippen MR) is 50.1 cm³/mol. The van der Waals surface area contributed by atoms with Crippen LogP contribution in [-0.2, 0) is 0 Å². The summed E-state index contributed by atoms with van der Waals surface area (Å²) < 4.78 is 0. The molecule has 1 N–H and O–H groups in total. The van der Waals surface area contributed by atoms with Crippen molar-refractivity contribution in [2.24, 2.45) is 5.92 Å². The number of hydrogen-bond donors (Lipinski definition) is 1. The first-order valence-corrected chi connectivity index (χ1v) is 4.30. The molecular formula is C9H20N2. The van der Waals surface area contributed by atoms with Crippen LogP contribution in [0, 0.1) is 11.3 Å². The van der Waals surface area contributed by atoms with Gasteiger partial charge in [-0.25, -0.2) is 0 Å². The fourth-order valence-electron chi connectivity index (χ4n) is 0.904. The molecule has 2 nitrogen and oxygen atoms in total. The van der Waals surface area contributed by atoms with E-state index in [2.05, 4.69) is 13.8 Å². The molecule has 0 heterocycles. The molecule has 0 aliphatic carbocycles. The van der Waals surface area contributed by atoms with E-state index in [1.54, 1.807) is 0 Å². The van der Waals surface area contributed by atoms with Crippen LogP contribution < -0.4 is 0 Å². The van der Waals surface area contributed by atoms with E-state index in [9.17, 15) is 0 Å². The zero-order chi connectivity index (χ0) is 8.85. The van der Waals surface area contributed by atoms with Gasteiger partial charge < -0.3 is 4.90 Å². The molecule has 2 heteroatoms. The Labute approximate surface area is 70.1 Å². The largest absolute Gasteiger partial charge is 0.364 e. The first kappa shape index (κ1) is 10.5. The van der Waals surface area contributed by atoms with Gasteiger partial charge in [0, 0.05) is 13.6 Å². The summed E-state index contributed by atoms with van der Waals surface area (Å²) in [5, 5.41) is 7.31. The van der Waals surface area contributed by atoms with Crippen molar-refractivity contribution in [2.45, 2.75) is 33.6 Å². The highest BCUT2D eigenvalue weighted by molar-refractivity contribution is 5.75. The third-order valence-corrected chi connectivity index (χ3v) is 1.85. The standard InChI is InChI=1S/C9H20N2/c1-8(2)6-5-7-11(4)9(3)10/h8,10H,5-7H2,1-4H3. The maximum absolute atomic E-state index is 7.31. The quantitative estimate of drug-likeness (QED) is 0.491. The summed E-state index contributed by atoms with van der Waals surface area (Å²) in [4.78, 5) is 1.99. The lowest BCUT2D eigenvalue weighted by atomic mass is 10.1. The molecule has 0 fully saturated rings. The summed E-state index contributed by atoms with van der Waals surface area (Å²) in [6.07, 6.45) is 2.46. The number of nitrogens with one attached hydrogen (secondary N) is 1. The third kappa shape index (κ3) is 5.89. The van der Waals surface area contributed by atoms with E-state index in [1.165, 1.54) is 12.8 Å². The summed E-state index contributed by atoms with van der Waals surface area (Å²) in [5.41, 5.74) is 0. The third-order valence-electron chi connectivity index (χ3n) is 1.85. The van der Waals surface area contributed by atoms with Crippen LogP contribution in [0.25, 0.3) is 0 Å². The fourth-order valence-corrected chi connectivity index (χ4v) is 0.904. The molecule has 0 bridgehead atoms. The van der Waals surface area contributed by atoms with Crippen LogP contribution in [0.3, 0.4) is 0 Å². The maximum atomic E-state index is 7.31. The van der Waals surface area contributed by atoms with Gasteiger partial charge in [0.2, 0.25) is 0 Å². The minimum Gasteiger partial charge on any atom is -0.364 e. The minimum absolute atomic E-state index is 0.661. The van der Waals surface area contributed by atoms with Crippen molar-refractivity contribution in [3.05, 3.63) is 0 Å². The molecule has 0 saturated carbocycles. The van der Waals surface area contributed by atoms with E-state index in [0.717, 1.165) is 12.5 Å². The van der Waals surface area contributed by atoms with Gasteiger partial charge in [-0.1, -0.05) is 13.8 Å². The molecular weight excluding hydrogens is 136 g/mol. The second-order valence-corrected chi connectivity index (χ2v) is 3.54. The number of nitrogens with zero attached hydrogens (tertiary/aromatic N) is 1. The predicted octanol–water partition coefficient (Wildman–Crippen LogP) is 2.35. The highest BCUT2D eigenvalue weighted by atomic mass is 15.1. The first-order valence-electron chi connectivity index (χ1n) is 4.30. The molecule has 0 aliphatic heterocycles. The van der Waals surface area contributed by atoms with Crippen LogP contribution in [0.5, 0.6) is 0 Å². The van der Waals surface area contributed by atoms with Crippen molar-refractivity contribution in [3.63, 3.8) is 0 Å². The van der Waals surface area contributed by atoms with Gasteiger partial charge in [-0.05, 0) is 25.7 Å². The van der Waals surface area contributed by atoms with E-state index in [4.69, 9.17) is 5.41 Å². The van der Waals surface area contributed by atoms with Crippen LogP contribution in [0.15, 0.2) is 0 Å². The van der Waals surface area contributed by atoms with Crippen molar-refractivity contribution in [2.75, 3.05) is 13.6 Å². The zero-order valence-electron chi connectivity index (χ0n) is 8.15. The number of amidine groups is 1. The number of hydrogen-bond acceptors (Lipinski definition) is 1. The summed E-state index contributed by atoms with van der Waals surface area (Å²) in [6.45, 7) is 7.32. The normalized spacial score (nSPS) is 10.3. The van der Waals surface area contributed by atoms with Crippen molar-refractivity contribution in [3.8, 4) is 0 Å². The lowest BCUT2D eigenvalue weighted by Crippen LogP contribution is -2.24. The molecule has 0 aromatic heterocycles. The van der Waals surface area contributed by atoms with Gasteiger partial charge in [0.1, 0.15) is 0 Å². The smallest absolute Gasteiger partial charge is 0.0923 e. The summed E-state index contributed by atoms with van der Waals surface area (Å²) in [6, 6.07) is 0. The van der Waals surface area contributed by atoms with Crippen molar-refractivity contribution in [1.29, 1.82) is 5.41 Å². The van der Waals surface area contributed by atoms with Crippen LogP contribution >= 0.6 is 0 Å². The van der Waals surface area contributed by atoms with Gasteiger partial charge in [-0.15, -0.1) is 0 Å². The average molecular weight is 156 g/mol. The molecule has 0 aliphatic rings. The van der Waals surface area contributed by atoms with Crippen molar-refractivity contribution >= 4 is 5.84 Å². The van der Waals surface area contributed by atoms with Crippen LogP contribution in [-0.4, -0.2) is 24.3 Å². The highest BCUT2D eigenvalue weighted by Gasteiger charge is 1.98. The Kier molecular flexibility index (Phi) is 4.92. The maximum Gasteiger partial charge on any atom is 0.0923 e. The Morgan fingerprint density at radius 1 is 1.45 bits per heavy atom. The lowest BCUT2D eigenvalue weighted by Gasteiger charge is -2.17. The minimum atomic E-state index is 0.661. The van der Waals surface area contributed by atoms with E-state index in [1.807, 2.05) is 18.9 Å². The Morgan fingerprint density at radius 3 is 2.36 bits per heavy atom. The van der Waals surface area contributed by atoms with E-state index in [0.29, 0.717) is 5.84 Å². The molecule has 0 aromatic rings. The van der Waals surface area contributed by atoms with Crippen LogP contribution in [0.1, 0.15) is 33.6 Å². The van der Waals surface area contributed by atoms with Crippen LogP contribution in [0.2, 0.25) is 0 Å². The molecule has 66 valence electrons.